The van der Waals surface area contributed by atoms with E-state index in [1.54, 1.807) is 6.07 Å². The molecule has 2 aromatic rings. The third-order valence-corrected chi connectivity index (χ3v) is 2.10. The Morgan fingerprint density at radius 3 is 2.73 bits per heavy atom. The second-order valence-electron chi connectivity index (χ2n) is 3.12. The van der Waals surface area contributed by atoms with E-state index in [-0.39, 0.29) is 6.08 Å². The summed E-state index contributed by atoms with van der Waals surface area (Å²) in [6.07, 6.45) is 0.132. The monoisotopic (exact) mass is 205 g/mol. The Hall–Kier alpha value is -2.04. The van der Waals surface area contributed by atoms with Gasteiger partial charge in [-0.2, -0.15) is 0 Å². The molecule has 0 saturated heterocycles. The number of anilines is 1. The zero-order chi connectivity index (χ0) is 10.8. The highest BCUT2D eigenvalue weighted by molar-refractivity contribution is 5.73. The largest absolute Gasteiger partial charge is 0.452 e. The Bertz CT molecular complexity index is 459. The number of methoxy groups -OCH3 is 1. The molecule has 2 rings (SSSR count). The average Bonchev–Trinajstić information content (AvgIpc) is 2.66. The van der Waals surface area contributed by atoms with Crippen LogP contribution in [0.25, 0.3) is 11.5 Å². The second-order valence-corrected chi connectivity index (χ2v) is 3.12. The van der Waals surface area contributed by atoms with Crippen molar-refractivity contribution in [2.45, 2.75) is 6.92 Å². The number of rotatable bonds is 2. The summed E-state index contributed by atoms with van der Waals surface area (Å²) in [5.41, 5.74) is 8.19. The van der Waals surface area contributed by atoms with E-state index < -0.39 is 0 Å². The van der Waals surface area contributed by atoms with Crippen LogP contribution in [0, 0.1) is 6.92 Å². The van der Waals surface area contributed by atoms with E-state index in [0.29, 0.717) is 11.6 Å². The lowest BCUT2D eigenvalue weighted by Gasteiger charge is -2.03. The maximum Gasteiger partial charge on any atom is 0.414 e. The molecule has 78 valence electrons. The highest BCUT2D eigenvalue weighted by Crippen LogP contribution is 2.29. The van der Waals surface area contributed by atoms with Crippen LogP contribution >= 0.6 is 0 Å². The Balaban J connectivity index is 2.53. The van der Waals surface area contributed by atoms with Gasteiger partial charge in [-0.1, -0.05) is 17.2 Å². The molecule has 0 atom stereocenters. The Morgan fingerprint density at radius 2 is 2.13 bits per heavy atom. The first-order valence-electron chi connectivity index (χ1n) is 4.45. The zero-order valence-electron chi connectivity index (χ0n) is 8.52. The van der Waals surface area contributed by atoms with E-state index in [9.17, 15) is 0 Å². The minimum Gasteiger partial charge on any atom is -0.452 e. The molecule has 2 N–H and O–H groups in total. The lowest BCUT2D eigenvalue weighted by atomic mass is 10.1. The van der Waals surface area contributed by atoms with Crippen LogP contribution in [0.4, 0.5) is 5.69 Å². The van der Waals surface area contributed by atoms with Crippen molar-refractivity contribution < 1.29 is 9.15 Å². The third kappa shape index (κ3) is 1.63. The van der Waals surface area contributed by atoms with Crippen molar-refractivity contribution in [1.29, 1.82) is 0 Å². The SMILES string of the molecule is COc1nnc(-c2c(C)cccc2N)o1. The predicted octanol–water partition coefficient (Wildman–Crippen LogP) is 1.64. The van der Waals surface area contributed by atoms with Crippen LogP contribution in [0.1, 0.15) is 5.56 Å². The number of aryl methyl sites for hydroxylation is 1. The molecule has 0 amide bonds. The maximum atomic E-state index is 5.84. The van der Waals surface area contributed by atoms with Crippen LogP contribution in [0.15, 0.2) is 22.6 Å². The van der Waals surface area contributed by atoms with Gasteiger partial charge in [0.25, 0.3) is 5.89 Å². The topological polar surface area (TPSA) is 74.2 Å². The van der Waals surface area contributed by atoms with E-state index in [1.165, 1.54) is 7.11 Å². The van der Waals surface area contributed by atoms with Crippen molar-refractivity contribution in [1.82, 2.24) is 10.2 Å². The number of nitrogens with two attached hydrogens (primary N) is 1. The molecule has 1 heterocycles. The van der Waals surface area contributed by atoms with Crippen LogP contribution in [0.5, 0.6) is 6.08 Å². The van der Waals surface area contributed by atoms with Crippen molar-refractivity contribution in [2.75, 3.05) is 12.8 Å². The van der Waals surface area contributed by atoms with Gasteiger partial charge in [0.1, 0.15) is 0 Å². The normalized spacial score (nSPS) is 10.3. The molecule has 1 aromatic carbocycles. The number of nitrogen functional groups attached to an aromatic ring is 1. The van der Waals surface area contributed by atoms with Gasteiger partial charge in [-0.05, 0) is 18.6 Å². The lowest BCUT2D eigenvalue weighted by molar-refractivity contribution is 0.293. The van der Waals surface area contributed by atoms with Gasteiger partial charge >= 0.3 is 6.08 Å². The summed E-state index contributed by atoms with van der Waals surface area (Å²) in [6.45, 7) is 1.93. The van der Waals surface area contributed by atoms with E-state index in [0.717, 1.165) is 11.1 Å². The van der Waals surface area contributed by atoms with Gasteiger partial charge in [0.15, 0.2) is 0 Å². The zero-order valence-corrected chi connectivity index (χ0v) is 8.52. The van der Waals surface area contributed by atoms with Crippen molar-refractivity contribution in [3.8, 4) is 17.5 Å². The molecule has 1 aromatic heterocycles. The summed E-state index contributed by atoms with van der Waals surface area (Å²) < 4.78 is 10.1. The summed E-state index contributed by atoms with van der Waals surface area (Å²) >= 11 is 0. The van der Waals surface area contributed by atoms with Gasteiger partial charge in [0.05, 0.1) is 12.7 Å². The molecule has 0 saturated carbocycles. The minimum absolute atomic E-state index is 0.132. The molecule has 0 aliphatic carbocycles. The molecule has 0 unspecified atom stereocenters. The Labute approximate surface area is 86.9 Å². The molecular weight excluding hydrogens is 194 g/mol. The number of hydrogen-bond acceptors (Lipinski definition) is 5. The molecule has 5 heteroatoms. The van der Waals surface area contributed by atoms with Crippen LogP contribution in [-0.4, -0.2) is 17.3 Å². The summed E-state index contributed by atoms with van der Waals surface area (Å²) in [6, 6.07) is 5.60. The maximum absolute atomic E-state index is 5.84. The van der Waals surface area contributed by atoms with Crippen LogP contribution in [0.3, 0.4) is 0 Å². The van der Waals surface area contributed by atoms with E-state index in [1.807, 2.05) is 19.1 Å². The summed E-state index contributed by atoms with van der Waals surface area (Å²) in [4.78, 5) is 0. The van der Waals surface area contributed by atoms with Crippen molar-refractivity contribution in [2.24, 2.45) is 0 Å². The second kappa shape index (κ2) is 3.61. The average molecular weight is 205 g/mol. The lowest BCUT2D eigenvalue weighted by Crippen LogP contribution is -1.92. The van der Waals surface area contributed by atoms with Crippen molar-refractivity contribution in [3.63, 3.8) is 0 Å². The number of ether oxygens (including phenoxy) is 1. The fourth-order valence-corrected chi connectivity index (χ4v) is 1.38. The standard InChI is InChI=1S/C10H11N3O2/c1-6-4-3-5-7(11)8(6)9-12-13-10(14-2)15-9/h3-5H,11H2,1-2H3. The quantitative estimate of drug-likeness (QED) is 0.754. The third-order valence-electron chi connectivity index (χ3n) is 2.10. The van der Waals surface area contributed by atoms with Gasteiger partial charge in [0, 0.05) is 5.69 Å². The molecule has 0 bridgehead atoms. The molecule has 0 aliphatic heterocycles. The van der Waals surface area contributed by atoms with Crippen molar-refractivity contribution >= 4 is 5.69 Å². The van der Waals surface area contributed by atoms with Gasteiger partial charge < -0.3 is 14.9 Å². The molecule has 5 nitrogen and oxygen atoms in total. The number of hydrogen-bond donors (Lipinski definition) is 1. The number of benzene rings is 1. The van der Waals surface area contributed by atoms with Crippen LogP contribution in [0.2, 0.25) is 0 Å². The van der Waals surface area contributed by atoms with Gasteiger partial charge in [0.2, 0.25) is 0 Å². The first-order valence-corrected chi connectivity index (χ1v) is 4.45. The van der Waals surface area contributed by atoms with E-state index in [2.05, 4.69) is 10.2 Å². The van der Waals surface area contributed by atoms with E-state index in [4.69, 9.17) is 14.9 Å². The molecule has 0 spiro atoms. The number of aromatic nitrogens is 2. The van der Waals surface area contributed by atoms with Gasteiger partial charge in [-0.25, -0.2) is 0 Å². The molecule has 0 fully saturated rings. The highest BCUT2D eigenvalue weighted by Gasteiger charge is 2.13. The molecular formula is C10H11N3O2. The van der Waals surface area contributed by atoms with Crippen LogP contribution in [-0.2, 0) is 0 Å². The van der Waals surface area contributed by atoms with Crippen LogP contribution < -0.4 is 10.5 Å². The summed E-state index contributed by atoms with van der Waals surface area (Å²) in [5.74, 6) is 0.377. The molecule has 0 radical (unpaired) electrons. The molecule has 0 aliphatic rings. The minimum atomic E-state index is 0.132. The summed E-state index contributed by atoms with van der Waals surface area (Å²) in [7, 11) is 1.47. The molecule has 15 heavy (non-hydrogen) atoms. The smallest absolute Gasteiger partial charge is 0.414 e. The Kier molecular flexibility index (Phi) is 2.29. The predicted molar refractivity (Wildman–Crippen MR) is 55.4 cm³/mol. The van der Waals surface area contributed by atoms with Gasteiger partial charge in [-0.15, -0.1) is 5.10 Å². The first-order chi connectivity index (χ1) is 7.22. The first kappa shape index (κ1) is 9.51. The number of nitrogens with zero attached hydrogens (tertiary/aromatic N) is 2. The summed E-state index contributed by atoms with van der Waals surface area (Å²) in [5, 5.41) is 7.56. The fraction of sp³-hybridized carbons (Fsp3) is 0.200. The van der Waals surface area contributed by atoms with Gasteiger partial charge in [-0.3, -0.25) is 0 Å². The Morgan fingerprint density at radius 1 is 1.33 bits per heavy atom. The fourth-order valence-electron chi connectivity index (χ4n) is 1.38. The van der Waals surface area contributed by atoms with Crippen molar-refractivity contribution in [3.05, 3.63) is 23.8 Å². The van der Waals surface area contributed by atoms with E-state index >= 15 is 0 Å². The highest BCUT2D eigenvalue weighted by atomic mass is 16.6.